The summed E-state index contributed by atoms with van der Waals surface area (Å²) in [6.45, 7) is 14.1. The number of hydrogen-bond acceptors (Lipinski definition) is 5. The van der Waals surface area contributed by atoms with E-state index >= 15 is 0 Å². The third kappa shape index (κ3) is 7.64. The lowest BCUT2D eigenvalue weighted by Crippen LogP contribution is -2.46. The average Bonchev–Trinajstić information content (AvgIpc) is 3.26. The van der Waals surface area contributed by atoms with Crippen molar-refractivity contribution in [2.45, 2.75) is 39.5 Å². The van der Waals surface area contributed by atoms with Gasteiger partial charge in [0.1, 0.15) is 0 Å². The van der Waals surface area contributed by atoms with Crippen LogP contribution in [0.15, 0.2) is 29.3 Å². The van der Waals surface area contributed by atoms with E-state index in [1.165, 1.54) is 17.7 Å². The van der Waals surface area contributed by atoms with Crippen LogP contribution in [-0.4, -0.2) is 88.1 Å². The van der Waals surface area contributed by atoms with Gasteiger partial charge in [0.2, 0.25) is 0 Å². The Hall–Kier alpha value is -1.83. The molecule has 1 aromatic carbocycles. The summed E-state index contributed by atoms with van der Waals surface area (Å²) in [5.41, 5.74) is 2.68. The SMILES string of the molecule is CCNC(=NCC1(CCO)CCOC1)NCCCCN1CCN(c2cccc(C)c2)CC1. The normalized spacial score (nSPS) is 22.3. The molecule has 0 spiro atoms. The molecule has 0 radical (unpaired) electrons. The maximum absolute atomic E-state index is 9.41. The van der Waals surface area contributed by atoms with Gasteiger partial charge >= 0.3 is 0 Å². The first-order chi connectivity index (χ1) is 15.6. The molecule has 0 bridgehead atoms. The zero-order chi connectivity index (χ0) is 22.7. The fourth-order valence-corrected chi connectivity index (χ4v) is 4.60. The van der Waals surface area contributed by atoms with Gasteiger partial charge in [-0.05, 0) is 63.8 Å². The molecule has 3 rings (SSSR count). The number of guanidine groups is 1. The number of ether oxygens (including phenoxy) is 1. The molecule has 2 aliphatic heterocycles. The van der Waals surface area contributed by atoms with E-state index in [0.717, 1.165) is 77.6 Å². The van der Waals surface area contributed by atoms with E-state index < -0.39 is 0 Å². The molecule has 1 unspecified atom stereocenters. The van der Waals surface area contributed by atoms with E-state index in [2.05, 4.69) is 58.5 Å². The van der Waals surface area contributed by atoms with Crippen LogP contribution in [0.4, 0.5) is 5.69 Å². The van der Waals surface area contributed by atoms with Crippen LogP contribution in [0.25, 0.3) is 0 Å². The Morgan fingerprint density at radius 3 is 2.72 bits per heavy atom. The molecule has 7 nitrogen and oxygen atoms in total. The minimum absolute atomic E-state index is 0.00229. The second-order valence-electron chi connectivity index (χ2n) is 9.27. The van der Waals surface area contributed by atoms with E-state index in [0.29, 0.717) is 13.2 Å². The van der Waals surface area contributed by atoms with Crippen LogP contribution in [0.3, 0.4) is 0 Å². The number of aryl methyl sites for hydroxylation is 1. The van der Waals surface area contributed by atoms with E-state index in [1.807, 2.05) is 0 Å². The van der Waals surface area contributed by atoms with E-state index in [4.69, 9.17) is 9.73 Å². The predicted octanol–water partition coefficient (Wildman–Crippen LogP) is 2.24. The van der Waals surface area contributed by atoms with Crippen molar-refractivity contribution in [3.05, 3.63) is 29.8 Å². The molecule has 1 atom stereocenters. The molecular weight excluding hydrogens is 402 g/mol. The lowest BCUT2D eigenvalue weighted by molar-refractivity contribution is 0.131. The number of aliphatic hydroxyl groups is 1. The Morgan fingerprint density at radius 1 is 1.19 bits per heavy atom. The number of aliphatic hydroxyl groups excluding tert-OH is 1. The molecule has 2 aliphatic rings. The van der Waals surface area contributed by atoms with Crippen LogP contribution in [0.2, 0.25) is 0 Å². The van der Waals surface area contributed by atoms with Crippen molar-refractivity contribution in [3.8, 4) is 0 Å². The van der Waals surface area contributed by atoms with E-state index in [1.54, 1.807) is 0 Å². The van der Waals surface area contributed by atoms with Gasteiger partial charge in [-0.3, -0.25) is 9.89 Å². The zero-order valence-corrected chi connectivity index (χ0v) is 20.1. The summed E-state index contributed by atoms with van der Waals surface area (Å²) in [4.78, 5) is 9.90. The van der Waals surface area contributed by atoms with Gasteiger partial charge < -0.3 is 25.4 Å². The quantitative estimate of drug-likeness (QED) is 0.276. The molecular formula is C25H43N5O2. The number of unbranched alkanes of at least 4 members (excludes halogenated alkanes) is 1. The fourth-order valence-electron chi connectivity index (χ4n) is 4.60. The summed E-state index contributed by atoms with van der Waals surface area (Å²) in [7, 11) is 0. The van der Waals surface area contributed by atoms with E-state index in [9.17, 15) is 5.11 Å². The molecule has 0 amide bonds. The van der Waals surface area contributed by atoms with Crippen molar-refractivity contribution in [2.24, 2.45) is 10.4 Å². The summed E-state index contributed by atoms with van der Waals surface area (Å²) in [5, 5.41) is 16.2. The molecule has 7 heteroatoms. The second-order valence-corrected chi connectivity index (χ2v) is 9.27. The largest absolute Gasteiger partial charge is 0.396 e. The topological polar surface area (TPSA) is 72.4 Å². The van der Waals surface area contributed by atoms with Gasteiger partial charge in [0.25, 0.3) is 0 Å². The Labute approximate surface area is 194 Å². The molecule has 2 fully saturated rings. The third-order valence-corrected chi connectivity index (χ3v) is 6.68. The van der Waals surface area contributed by atoms with Crippen LogP contribution < -0.4 is 15.5 Å². The van der Waals surface area contributed by atoms with Crippen molar-refractivity contribution >= 4 is 11.6 Å². The summed E-state index contributed by atoms with van der Waals surface area (Å²) in [6.07, 6.45) is 4.06. The number of rotatable bonds is 11. The number of anilines is 1. The van der Waals surface area contributed by atoms with Crippen LogP contribution >= 0.6 is 0 Å². The van der Waals surface area contributed by atoms with Crippen molar-refractivity contribution in [1.29, 1.82) is 0 Å². The highest BCUT2D eigenvalue weighted by molar-refractivity contribution is 5.79. The molecule has 0 aliphatic carbocycles. The van der Waals surface area contributed by atoms with Crippen LogP contribution in [0, 0.1) is 12.3 Å². The molecule has 1 aromatic rings. The van der Waals surface area contributed by atoms with Gasteiger partial charge in [-0.15, -0.1) is 0 Å². The number of piperazine rings is 1. The van der Waals surface area contributed by atoms with Gasteiger partial charge in [0.05, 0.1) is 13.2 Å². The summed E-state index contributed by atoms with van der Waals surface area (Å²) in [6, 6.07) is 8.83. The Balaban J connectivity index is 1.33. The second kappa shape index (κ2) is 13.0. The van der Waals surface area contributed by atoms with Gasteiger partial charge in [-0.1, -0.05) is 12.1 Å². The van der Waals surface area contributed by atoms with Gasteiger partial charge in [0, 0.05) is 63.6 Å². The molecule has 2 heterocycles. The maximum atomic E-state index is 9.41. The number of hydrogen-bond donors (Lipinski definition) is 3. The zero-order valence-electron chi connectivity index (χ0n) is 20.1. The number of benzene rings is 1. The molecule has 2 saturated heterocycles. The van der Waals surface area contributed by atoms with Crippen LogP contribution in [0.1, 0.15) is 38.2 Å². The predicted molar refractivity (Wildman–Crippen MR) is 133 cm³/mol. The van der Waals surface area contributed by atoms with Crippen molar-refractivity contribution in [3.63, 3.8) is 0 Å². The minimum Gasteiger partial charge on any atom is -0.396 e. The van der Waals surface area contributed by atoms with Crippen LogP contribution in [-0.2, 0) is 4.74 Å². The molecule has 32 heavy (non-hydrogen) atoms. The number of nitrogens with zero attached hydrogens (tertiary/aromatic N) is 3. The highest BCUT2D eigenvalue weighted by Gasteiger charge is 2.34. The minimum atomic E-state index is -0.00229. The highest BCUT2D eigenvalue weighted by atomic mass is 16.5. The molecule has 180 valence electrons. The highest BCUT2D eigenvalue weighted by Crippen LogP contribution is 2.32. The monoisotopic (exact) mass is 445 g/mol. The first kappa shape index (κ1) is 24.8. The Kier molecular flexibility index (Phi) is 10.1. The average molecular weight is 446 g/mol. The van der Waals surface area contributed by atoms with Crippen molar-refractivity contribution in [2.75, 3.05) is 77.1 Å². The molecule has 0 saturated carbocycles. The van der Waals surface area contributed by atoms with Crippen LogP contribution in [0.5, 0.6) is 0 Å². The number of nitrogens with one attached hydrogen (secondary N) is 2. The lowest BCUT2D eigenvalue weighted by atomic mass is 9.84. The Morgan fingerprint density at radius 2 is 2.03 bits per heavy atom. The number of aliphatic imine (C=N–C) groups is 1. The molecule has 3 N–H and O–H groups in total. The maximum Gasteiger partial charge on any atom is 0.191 e. The van der Waals surface area contributed by atoms with Gasteiger partial charge in [-0.2, -0.15) is 0 Å². The van der Waals surface area contributed by atoms with E-state index in [-0.39, 0.29) is 12.0 Å². The standard InChI is InChI=1S/C25H43N5O2/c1-3-26-24(28-20-25(9-17-31)10-18-32-21-25)27-11-4-5-12-29-13-15-30(16-14-29)23-8-6-7-22(2)19-23/h6-8,19,31H,3-5,9-18,20-21H2,1-2H3,(H2,26,27,28). The Bertz CT molecular complexity index is 697. The first-order valence-corrected chi connectivity index (χ1v) is 12.4. The lowest BCUT2D eigenvalue weighted by Gasteiger charge is -2.36. The smallest absolute Gasteiger partial charge is 0.191 e. The summed E-state index contributed by atoms with van der Waals surface area (Å²) < 4.78 is 5.58. The summed E-state index contributed by atoms with van der Waals surface area (Å²) in [5.74, 6) is 0.878. The van der Waals surface area contributed by atoms with Gasteiger partial charge in [0.15, 0.2) is 5.96 Å². The molecule has 0 aromatic heterocycles. The fraction of sp³-hybridized carbons (Fsp3) is 0.720. The van der Waals surface area contributed by atoms with Crippen molar-refractivity contribution < 1.29 is 9.84 Å². The van der Waals surface area contributed by atoms with Gasteiger partial charge in [-0.25, -0.2) is 0 Å². The summed E-state index contributed by atoms with van der Waals surface area (Å²) >= 11 is 0. The third-order valence-electron chi connectivity index (χ3n) is 6.68. The van der Waals surface area contributed by atoms with Crippen molar-refractivity contribution in [1.82, 2.24) is 15.5 Å². The first-order valence-electron chi connectivity index (χ1n) is 12.4.